The van der Waals surface area contributed by atoms with Crippen molar-refractivity contribution in [2.24, 2.45) is 5.92 Å². The summed E-state index contributed by atoms with van der Waals surface area (Å²) in [6.45, 7) is 1.03. The minimum absolute atomic E-state index is 0.0158. The second-order valence-corrected chi connectivity index (χ2v) is 8.55. The summed E-state index contributed by atoms with van der Waals surface area (Å²) in [4.78, 5) is 18.4. The number of benzene rings is 1. The third-order valence-corrected chi connectivity index (χ3v) is 6.71. The minimum Gasteiger partial charge on any atom is -0.480 e. The van der Waals surface area contributed by atoms with E-state index in [9.17, 15) is 4.79 Å². The first kappa shape index (κ1) is 19.1. The van der Waals surface area contributed by atoms with E-state index in [1.54, 1.807) is 12.1 Å². The average molecular weight is 406 g/mol. The summed E-state index contributed by atoms with van der Waals surface area (Å²) in [5.74, 6) is 1.90. The van der Waals surface area contributed by atoms with Crippen LogP contribution < -0.4 is 10.1 Å². The van der Waals surface area contributed by atoms with Crippen molar-refractivity contribution in [3.8, 4) is 5.88 Å². The summed E-state index contributed by atoms with van der Waals surface area (Å²) in [7, 11) is 3.77. The number of carbonyl (C=O) groups excluding carboxylic acids is 1. The van der Waals surface area contributed by atoms with Crippen LogP contribution in [0.4, 0.5) is 5.82 Å². The molecular weight excluding hydrogens is 378 g/mol. The van der Waals surface area contributed by atoms with E-state index in [1.165, 1.54) is 29.1 Å². The smallest absolute Gasteiger partial charge is 0.233 e. The number of aromatic amines is 1. The molecule has 0 radical (unpaired) electrons. The fraction of sp³-hybridized carbons (Fsp3) is 0.435. The van der Waals surface area contributed by atoms with Gasteiger partial charge in [0.1, 0.15) is 0 Å². The maximum atomic E-state index is 12.4. The zero-order chi connectivity index (χ0) is 20.7. The molecule has 1 aliphatic heterocycles. The van der Waals surface area contributed by atoms with E-state index in [1.807, 2.05) is 0 Å². The molecule has 1 unspecified atom stereocenters. The molecule has 3 atom stereocenters. The van der Waals surface area contributed by atoms with Crippen molar-refractivity contribution in [2.75, 3.05) is 26.0 Å². The van der Waals surface area contributed by atoms with Gasteiger partial charge in [-0.2, -0.15) is 0 Å². The first-order valence-electron chi connectivity index (χ1n) is 10.6. The molecule has 7 nitrogen and oxygen atoms in total. The summed E-state index contributed by atoms with van der Waals surface area (Å²) < 4.78 is 5.00. The van der Waals surface area contributed by atoms with Crippen molar-refractivity contribution in [1.29, 1.82) is 0 Å². The maximum absolute atomic E-state index is 12.4. The average Bonchev–Trinajstić information content (AvgIpc) is 3.18. The van der Waals surface area contributed by atoms with Crippen molar-refractivity contribution in [3.05, 3.63) is 47.7 Å². The summed E-state index contributed by atoms with van der Waals surface area (Å²) in [5.41, 5.74) is 4.15. The Hall–Kier alpha value is -2.93. The number of amides is 1. The monoisotopic (exact) mass is 405 g/mol. The van der Waals surface area contributed by atoms with Crippen molar-refractivity contribution in [1.82, 2.24) is 20.1 Å². The number of hydrogen-bond donors (Lipinski definition) is 2. The second kappa shape index (κ2) is 7.72. The van der Waals surface area contributed by atoms with Crippen LogP contribution in [0.25, 0.3) is 10.9 Å². The van der Waals surface area contributed by atoms with Gasteiger partial charge in [0.25, 0.3) is 0 Å². The van der Waals surface area contributed by atoms with Gasteiger partial charge in [0, 0.05) is 48.1 Å². The molecule has 3 aromatic rings. The van der Waals surface area contributed by atoms with Crippen LogP contribution >= 0.6 is 0 Å². The molecule has 30 heavy (non-hydrogen) atoms. The number of rotatable bonds is 5. The molecule has 0 spiro atoms. The van der Waals surface area contributed by atoms with Crippen LogP contribution in [0.2, 0.25) is 0 Å². The molecule has 0 bridgehead atoms. The molecular formula is C23H27N5O2. The second-order valence-electron chi connectivity index (χ2n) is 8.55. The van der Waals surface area contributed by atoms with Crippen LogP contribution in [-0.2, 0) is 11.2 Å². The summed E-state index contributed by atoms with van der Waals surface area (Å²) in [6.07, 6.45) is 5.77. The SMILES string of the molecule is COc1ccc(NC(=O)CC[C@@H]2CC3c4cccc5[nH]cc(c45)C[C@H]3N(C)C2)nn1. The summed E-state index contributed by atoms with van der Waals surface area (Å²) in [5, 5.41) is 12.1. The standard InChI is InChI=1S/C23H27N5O2/c1-28-13-14(6-8-21(29)25-20-7-9-22(30-2)27-26-20)10-17-16-4-3-5-18-23(16)15(12-24-18)11-19(17)28/h3-5,7,9,12,14,17,19,24H,6,8,10-11,13H2,1-2H3,(H,25,26,29)/t14-,17?,19-/m1/s1. The molecule has 7 heteroatoms. The highest BCUT2D eigenvalue weighted by atomic mass is 16.5. The number of anilines is 1. The topological polar surface area (TPSA) is 83.1 Å². The van der Waals surface area contributed by atoms with Crippen molar-refractivity contribution in [2.45, 2.75) is 37.6 Å². The van der Waals surface area contributed by atoms with Crippen LogP contribution in [0, 0.1) is 5.92 Å². The van der Waals surface area contributed by atoms with Crippen LogP contribution in [0.5, 0.6) is 5.88 Å². The van der Waals surface area contributed by atoms with Gasteiger partial charge in [-0.05, 0) is 55.5 Å². The number of likely N-dealkylation sites (tertiary alicyclic amines) is 1. The molecule has 2 N–H and O–H groups in total. The van der Waals surface area contributed by atoms with E-state index < -0.39 is 0 Å². The summed E-state index contributed by atoms with van der Waals surface area (Å²) >= 11 is 0. The van der Waals surface area contributed by atoms with E-state index >= 15 is 0 Å². The molecule has 0 saturated carbocycles. The van der Waals surface area contributed by atoms with Gasteiger partial charge >= 0.3 is 0 Å². The Morgan fingerprint density at radius 2 is 2.20 bits per heavy atom. The molecule has 1 aliphatic carbocycles. The van der Waals surface area contributed by atoms with Crippen LogP contribution in [0.1, 0.15) is 36.3 Å². The lowest BCUT2D eigenvalue weighted by atomic mass is 9.71. The number of hydrogen-bond acceptors (Lipinski definition) is 5. The van der Waals surface area contributed by atoms with Crippen LogP contribution in [0.3, 0.4) is 0 Å². The quantitative estimate of drug-likeness (QED) is 0.680. The van der Waals surface area contributed by atoms with Crippen molar-refractivity contribution >= 4 is 22.6 Å². The van der Waals surface area contributed by atoms with Gasteiger partial charge in [-0.25, -0.2) is 0 Å². The molecule has 1 amide bonds. The van der Waals surface area contributed by atoms with Gasteiger partial charge < -0.3 is 19.9 Å². The lowest BCUT2D eigenvalue weighted by molar-refractivity contribution is -0.116. The van der Waals surface area contributed by atoms with Crippen molar-refractivity contribution < 1.29 is 9.53 Å². The molecule has 1 aromatic carbocycles. The normalized spacial score (nSPS) is 23.2. The Bertz CT molecular complexity index is 1060. The number of H-pyrrole nitrogens is 1. The molecule has 3 heterocycles. The fourth-order valence-electron chi connectivity index (χ4n) is 5.30. The van der Waals surface area contributed by atoms with Gasteiger partial charge in [-0.3, -0.25) is 4.79 Å². The van der Waals surface area contributed by atoms with Gasteiger partial charge in [0.05, 0.1) is 7.11 Å². The third-order valence-electron chi connectivity index (χ3n) is 6.71. The number of likely N-dealkylation sites (N-methyl/N-ethyl adjacent to an activating group) is 1. The Morgan fingerprint density at radius 1 is 1.30 bits per heavy atom. The fourth-order valence-corrected chi connectivity index (χ4v) is 5.30. The minimum atomic E-state index is -0.0158. The predicted octanol–water partition coefficient (Wildman–Crippen LogP) is 3.35. The van der Waals surface area contributed by atoms with E-state index in [2.05, 4.69) is 56.8 Å². The number of ether oxygens (including phenoxy) is 1. The number of nitrogens with zero attached hydrogens (tertiary/aromatic N) is 3. The number of nitrogens with one attached hydrogen (secondary N) is 2. The Balaban J connectivity index is 1.24. The van der Waals surface area contributed by atoms with Gasteiger partial charge in [-0.15, -0.1) is 10.2 Å². The Labute approximate surface area is 175 Å². The van der Waals surface area contributed by atoms with Gasteiger partial charge in [0.2, 0.25) is 11.8 Å². The molecule has 5 rings (SSSR count). The Morgan fingerprint density at radius 3 is 3.00 bits per heavy atom. The first-order valence-corrected chi connectivity index (χ1v) is 10.6. The van der Waals surface area contributed by atoms with Crippen LogP contribution in [-0.4, -0.2) is 52.7 Å². The lowest BCUT2D eigenvalue weighted by Crippen LogP contribution is -2.47. The van der Waals surface area contributed by atoms with E-state index in [-0.39, 0.29) is 5.91 Å². The highest BCUT2D eigenvalue weighted by Crippen LogP contribution is 2.45. The zero-order valence-corrected chi connectivity index (χ0v) is 17.4. The lowest BCUT2D eigenvalue weighted by Gasteiger charge is -2.45. The molecule has 1 saturated heterocycles. The number of fused-ring (bicyclic) bond motifs is 2. The maximum Gasteiger partial charge on any atom is 0.233 e. The zero-order valence-electron chi connectivity index (χ0n) is 17.4. The van der Waals surface area contributed by atoms with Crippen molar-refractivity contribution in [3.63, 3.8) is 0 Å². The molecule has 1 fully saturated rings. The number of aromatic nitrogens is 3. The highest BCUT2D eigenvalue weighted by Gasteiger charge is 2.39. The van der Waals surface area contributed by atoms with Gasteiger partial charge in [-0.1, -0.05) is 12.1 Å². The van der Waals surface area contributed by atoms with E-state index in [0.717, 1.165) is 25.8 Å². The van der Waals surface area contributed by atoms with Crippen LogP contribution in [0.15, 0.2) is 36.5 Å². The Kier molecular flexibility index (Phi) is 4.90. The third kappa shape index (κ3) is 3.43. The molecule has 2 aromatic heterocycles. The largest absolute Gasteiger partial charge is 0.480 e. The summed E-state index contributed by atoms with van der Waals surface area (Å²) in [6, 6.07) is 10.6. The van der Waals surface area contributed by atoms with Gasteiger partial charge in [0.15, 0.2) is 5.82 Å². The number of methoxy groups -OCH3 is 1. The highest BCUT2D eigenvalue weighted by molar-refractivity contribution is 5.90. The predicted molar refractivity (Wildman–Crippen MR) is 116 cm³/mol. The molecule has 2 aliphatic rings. The molecule has 156 valence electrons. The van der Waals surface area contributed by atoms with E-state index in [4.69, 9.17) is 4.74 Å². The van der Waals surface area contributed by atoms with E-state index in [0.29, 0.717) is 36.0 Å². The number of piperidine rings is 1. The first-order chi connectivity index (χ1) is 14.6. The number of carbonyl (C=O) groups is 1.